The lowest BCUT2D eigenvalue weighted by atomic mass is 10.3. The van der Waals surface area contributed by atoms with Crippen LogP contribution in [0, 0.1) is 0 Å². The van der Waals surface area contributed by atoms with Crippen molar-refractivity contribution in [2.45, 2.75) is 53.2 Å². The third-order valence-electron chi connectivity index (χ3n) is 2.77. The molecule has 0 saturated carbocycles. The smallest absolute Gasteiger partial charge is 0.118 e. The zero-order valence-corrected chi connectivity index (χ0v) is 11.6. The summed E-state index contributed by atoms with van der Waals surface area (Å²) in [7, 11) is 0. The second-order valence-electron chi connectivity index (χ2n) is 4.77. The van der Waals surface area contributed by atoms with E-state index in [9.17, 15) is 0 Å². The van der Waals surface area contributed by atoms with Crippen LogP contribution in [-0.2, 0) is 13.1 Å². The second kappa shape index (κ2) is 7.51. The predicted octanol–water partition coefficient (Wildman–Crippen LogP) is 3.01. The third-order valence-corrected chi connectivity index (χ3v) is 2.77. The fourth-order valence-electron chi connectivity index (χ4n) is 1.79. The predicted molar refractivity (Wildman–Crippen MR) is 71.9 cm³/mol. The van der Waals surface area contributed by atoms with Gasteiger partial charge in [-0.05, 0) is 31.6 Å². The first-order chi connectivity index (χ1) is 8.15. The lowest BCUT2D eigenvalue weighted by Crippen LogP contribution is -2.23. The zero-order valence-electron chi connectivity index (χ0n) is 11.6. The second-order valence-corrected chi connectivity index (χ2v) is 4.77. The Morgan fingerprint density at radius 3 is 2.53 bits per heavy atom. The summed E-state index contributed by atoms with van der Waals surface area (Å²) in [6, 6.07) is 4.66. The Balaban J connectivity index is 2.44. The summed E-state index contributed by atoms with van der Waals surface area (Å²) in [5.41, 5.74) is 0. The van der Waals surface area contributed by atoms with Crippen molar-refractivity contribution < 1.29 is 4.42 Å². The monoisotopic (exact) mass is 238 g/mol. The van der Waals surface area contributed by atoms with E-state index in [2.05, 4.69) is 50.0 Å². The topological polar surface area (TPSA) is 28.4 Å². The summed E-state index contributed by atoms with van der Waals surface area (Å²) in [5.74, 6) is 2.10. The van der Waals surface area contributed by atoms with Crippen LogP contribution in [-0.4, -0.2) is 24.0 Å². The fourth-order valence-corrected chi connectivity index (χ4v) is 1.79. The molecule has 1 N–H and O–H groups in total. The first-order valence-electron chi connectivity index (χ1n) is 6.69. The van der Waals surface area contributed by atoms with Crippen LogP contribution in [0.4, 0.5) is 0 Å². The Bertz CT molecular complexity index is 307. The van der Waals surface area contributed by atoms with Crippen LogP contribution >= 0.6 is 0 Å². The molecule has 0 amide bonds. The Hall–Kier alpha value is -0.800. The molecule has 0 saturated heterocycles. The minimum atomic E-state index is 0.496. The summed E-state index contributed by atoms with van der Waals surface area (Å²) < 4.78 is 5.81. The van der Waals surface area contributed by atoms with Crippen molar-refractivity contribution in [3.63, 3.8) is 0 Å². The van der Waals surface area contributed by atoms with Crippen molar-refractivity contribution in [2.24, 2.45) is 0 Å². The number of furan rings is 1. The molecule has 0 aliphatic rings. The molecule has 3 heteroatoms. The van der Waals surface area contributed by atoms with Crippen molar-refractivity contribution in [2.75, 3.05) is 13.1 Å². The molecule has 0 unspecified atom stereocenters. The Morgan fingerprint density at radius 1 is 1.24 bits per heavy atom. The summed E-state index contributed by atoms with van der Waals surface area (Å²) in [4.78, 5) is 2.40. The van der Waals surface area contributed by atoms with Crippen LogP contribution in [0.3, 0.4) is 0 Å². The van der Waals surface area contributed by atoms with Crippen LogP contribution in [0.25, 0.3) is 0 Å². The maximum absolute atomic E-state index is 5.81. The van der Waals surface area contributed by atoms with Crippen molar-refractivity contribution in [1.29, 1.82) is 0 Å². The van der Waals surface area contributed by atoms with E-state index in [1.165, 1.54) is 6.42 Å². The third kappa shape index (κ3) is 5.37. The van der Waals surface area contributed by atoms with E-state index in [0.717, 1.165) is 37.7 Å². The van der Waals surface area contributed by atoms with Crippen LogP contribution in [0.5, 0.6) is 0 Å². The first kappa shape index (κ1) is 14.3. The van der Waals surface area contributed by atoms with Gasteiger partial charge in [0.25, 0.3) is 0 Å². The quantitative estimate of drug-likeness (QED) is 0.754. The van der Waals surface area contributed by atoms with Gasteiger partial charge in [-0.15, -0.1) is 0 Å². The van der Waals surface area contributed by atoms with Gasteiger partial charge in [0, 0.05) is 6.04 Å². The Kier molecular flexibility index (Phi) is 6.30. The van der Waals surface area contributed by atoms with Crippen molar-refractivity contribution >= 4 is 0 Å². The van der Waals surface area contributed by atoms with Gasteiger partial charge in [-0.3, -0.25) is 4.90 Å². The van der Waals surface area contributed by atoms with Gasteiger partial charge in [0.1, 0.15) is 11.5 Å². The molecule has 0 aromatic carbocycles. The van der Waals surface area contributed by atoms with E-state index in [1.54, 1.807) is 0 Å². The fraction of sp³-hybridized carbons (Fsp3) is 0.714. The van der Waals surface area contributed by atoms with Crippen LogP contribution < -0.4 is 5.32 Å². The molecule has 1 heterocycles. The summed E-state index contributed by atoms with van der Waals surface area (Å²) in [5, 5.41) is 3.36. The minimum Gasteiger partial charge on any atom is -0.463 e. The molecule has 0 aliphatic carbocycles. The number of hydrogen-bond acceptors (Lipinski definition) is 3. The van der Waals surface area contributed by atoms with Gasteiger partial charge in [0.15, 0.2) is 0 Å². The van der Waals surface area contributed by atoms with Crippen LogP contribution in [0.1, 0.15) is 45.6 Å². The molecule has 0 spiro atoms. The number of hydrogen-bond donors (Lipinski definition) is 1. The zero-order chi connectivity index (χ0) is 12.7. The van der Waals surface area contributed by atoms with Gasteiger partial charge in [0.2, 0.25) is 0 Å². The molecule has 0 bridgehead atoms. The molecule has 0 atom stereocenters. The van der Waals surface area contributed by atoms with E-state index in [4.69, 9.17) is 4.42 Å². The van der Waals surface area contributed by atoms with Crippen molar-refractivity contribution in [1.82, 2.24) is 10.2 Å². The van der Waals surface area contributed by atoms with E-state index >= 15 is 0 Å². The molecule has 3 nitrogen and oxygen atoms in total. The summed E-state index contributed by atoms with van der Waals surface area (Å²) in [6.07, 6.45) is 1.19. The van der Waals surface area contributed by atoms with Crippen LogP contribution in [0.2, 0.25) is 0 Å². The molecular weight excluding hydrogens is 212 g/mol. The van der Waals surface area contributed by atoms with E-state index in [1.807, 2.05) is 0 Å². The highest BCUT2D eigenvalue weighted by molar-refractivity contribution is 5.07. The maximum atomic E-state index is 5.81. The average Bonchev–Trinajstić information content (AvgIpc) is 2.73. The van der Waals surface area contributed by atoms with Gasteiger partial charge in [-0.2, -0.15) is 0 Å². The number of rotatable bonds is 8. The maximum Gasteiger partial charge on any atom is 0.118 e. The van der Waals surface area contributed by atoms with Gasteiger partial charge in [0.05, 0.1) is 13.1 Å². The highest BCUT2D eigenvalue weighted by Gasteiger charge is 2.07. The Morgan fingerprint density at radius 2 is 1.94 bits per heavy atom. The van der Waals surface area contributed by atoms with Gasteiger partial charge < -0.3 is 9.73 Å². The molecule has 0 fully saturated rings. The van der Waals surface area contributed by atoms with E-state index in [-0.39, 0.29) is 0 Å². The standard InChI is InChI=1S/C14H26N2O/c1-5-9-16(6-2)11-14-8-7-13(17-14)10-15-12(3)4/h7-8,12,15H,5-6,9-11H2,1-4H3. The van der Waals surface area contributed by atoms with Crippen molar-refractivity contribution in [3.05, 3.63) is 23.7 Å². The first-order valence-corrected chi connectivity index (χ1v) is 6.69. The molecule has 1 aromatic heterocycles. The number of nitrogens with one attached hydrogen (secondary N) is 1. The average molecular weight is 238 g/mol. The normalized spacial score (nSPS) is 11.6. The molecule has 1 rings (SSSR count). The molecule has 1 aromatic rings. The summed E-state index contributed by atoms with van der Waals surface area (Å²) >= 11 is 0. The molecule has 0 aliphatic heterocycles. The van der Waals surface area contributed by atoms with Gasteiger partial charge in [-0.25, -0.2) is 0 Å². The van der Waals surface area contributed by atoms with E-state index in [0.29, 0.717) is 6.04 Å². The van der Waals surface area contributed by atoms with Gasteiger partial charge >= 0.3 is 0 Å². The highest BCUT2D eigenvalue weighted by atomic mass is 16.3. The van der Waals surface area contributed by atoms with Crippen molar-refractivity contribution in [3.8, 4) is 0 Å². The molecule has 98 valence electrons. The molecule has 17 heavy (non-hydrogen) atoms. The van der Waals surface area contributed by atoms with Gasteiger partial charge in [-0.1, -0.05) is 27.7 Å². The highest BCUT2D eigenvalue weighted by Crippen LogP contribution is 2.11. The SMILES string of the molecule is CCCN(CC)Cc1ccc(CNC(C)C)o1. The van der Waals surface area contributed by atoms with Crippen LogP contribution in [0.15, 0.2) is 16.5 Å². The largest absolute Gasteiger partial charge is 0.463 e. The molecular formula is C14H26N2O. The lowest BCUT2D eigenvalue weighted by molar-refractivity contribution is 0.252. The molecule has 0 radical (unpaired) electrons. The summed E-state index contributed by atoms with van der Waals surface area (Å²) in [6.45, 7) is 12.6. The lowest BCUT2D eigenvalue weighted by Gasteiger charge is -2.17. The van der Waals surface area contributed by atoms with E-state index < -0.39 is 0 Å². The minimum absolute atomic E-state index is 0.496. The number of nitrogens with zero attached hydrogens (tertiary/aromatic N) is 1. The Labute approximate surface area is 105 Å².